The zero-order valence-corrected chi connectivity index (χ0v) is 12.5. The van der Waals surface area contributed by atoms with Gasteiger partial charge >= 0.3 is 0 Å². The smallest absolute Gasteiger partial charge is 0.103 e. The SMILES string of the molecule is CCSc1cccc(N2CCCC(NC)C2)c1C#N. The molecule has 1 aliphatic rings. The van der Waals surface area contributed by atoms with Crippen LogP contribution in [0.4, 0.5) is 5.69 Å². The van der Waals surface area contributed by atoms with Crippen LogP contribution >= 0.6 is 11.8 Å². The summed E-state index contributed by atoms with van der Waals surface area (Å²) < 4.78 is 0. The zero-order chi connectivity index (χ0) is 13.7. The summed E-state index contributed by atoms with van der Waals surface area (Å²) in [6, 6.07) is 9.12. The van der Waals surface area contributed by atoms with Crippen molar-refractivity contribution in [2.75, 3.05) is 30.8 Å². The highest BCUT2D eigenvalue weighted by atomic mass is 32.2. The van der Waals surface area contributed by atoms with Gasteiger partial charge in [-0.1, -0.05) is 13.0 Å². The highest BCUT2D eigenvalue weighted by Gasteiger charge is 2.21. The monoisotopic (exact) mass is 275 g/mol. The zero-order valence-electron chi connectivity index (χ0n) is 11.6. The molecule has 1 aliphatic heterocycles. The third kappa shape index (κ3) is 3.23. The maximum Gasteiger partial charge on any atom is 0.103 e. The number of benzene rings is 1. The molecular weight excluding hydrogens is 254 g/mol. The fourth-order valence-electron chi connectivity index (χ4n) is 2.60. The number of nitrogens with one attached hydrogen (secondary N) is 1. The summed E-state index contributed by atoms with van der Waals surface area (Å²) >= 11 is 1.75. The van der Waals surface area contributed by atoms with Crippen LogP contribution in [0.3, 0.4) is 0 Å². The van der Waals surface area contributed by atoms with E-state index in [0.29, 0.717) is 6.04 Å². The van der Waals surface area contributed by atoms with Gasteiger partial charge in [0.15, 0.2) is 0 Å². The summed E-state index contributed by atoms with van der Waals surface area (Å²) in [6.07, 6.45) is 2.40. The topological polar surface area (TPSA) is 39.1 Å². The van der Waals surface area contributed by atoms with Gasteiger partial charge in [-0.05, 0) is 37.8 Å². The average Bonchev–Trinajstić information content (AvgIpc) is 2.47. The lowest BCUT2D eigenvalue weighted by atomic mass is 10.0. The van der Waals surface area contributed by atoms with Crippen molar-refractivity contribution < 1.29 is 0 Å². The van der Waals surface area contributed by atoms with Crippen LogP contribution in [0.5, 0.6) is 0 Å². The van der Waals surface area contributed by atoms with E-state index in [2.05, 4.69) is 41.4 Å². The van der Waals surface area contributed by atoms with Crippen molar-refractivity contribution in [2.45, 2.75) is 30.7 Å². The Bertz CT molecular complexity index is 467. The number of anilines is 1. The lowest BCUT2D eigenvalue weighted by Gasteiger charge is -2.35. The van der Waals surface area contributed by atoms with E-state index in [1.807, 2.05) is 7.05 Å². The Morgan fingerprint density at radius 1 is 1.53 bits per heavy atom. The fourth-order valence-corrected chi connectivity index (χ4v) is 3.38. The van der Waals surface area contributed by atoms with Gasteiger partial charge in [0.2, 0.25) is 0 Å². The predicted molar refractivity (Wildman–Crippen MR) is 81.8 cm³/mol. The second-order valence-electron chi connectivity index (χ2n) is 4.77. The summed E-state index contributed by atoms with van der Waals surface area (Å²) in [5.74, 6) is 0.997. The molecule has 3 nitrogen and oxygen atoms in total. The van der Waals surface area contributed by atoms with Crippen LogP contribution in [-0.2, 0) is 0 Å². The number of hydrogen-bond donors (Lipinski definition) is 1. The van der Waals surface area contributed by atoms with Gasteiger partial charge in [-0.2, -0.15) is 5.26 Å². The Hall–Kier alpha value is -1.18. The van der Waals surface area contributed by atoms with Crippen LogP contribution in [0.15, 0.2) is 23.1 Å². The molecule has 0 bridgehead atoms. The Balaban J connectivity index is 2.28. The van der Waals surface area contributed by atoms with Gasteiger partial charge in [0.25, 0.3) is 0 Å². The lowest BCUT2D eigenvalue weighted by Crippen LogP contribution is -2.44. The molecule has 1 unspecified atom stereocenters. The molecular formula is C15H21N3S. The van der Waals surface area contributed by atoms with Gasteiger partial charge in [0.1, 0.15) is 6.07 Å². The van der Waals surface area contributed by atoms with Crippen molar-refractivity contribution in [1.82, 2.24) is 5.32 Å². The minimum atomic E-state index is 0.530. The molecule has 0 aliphatic carbocycles. The van der Waals surface area contributed by atoms with Crippen LogP contribution in [0, 0.1) is 11.3 Å². The standard InChI is InChI=1S/C15H21N3S/c1-3-19-15-8-4-7-14(13(15)10-16)18-9-5-6-12(11-18)17-2/h4,7-8,12,17H,3,5-6,9,11H2,1-2H3. The summed E-state index contributed by atoms with van der Waals surface area (Å²) in [7, 11) is 2.02. The largest absolute Gasteiger partial charge is 0.369 e. The van der Waals surface area contributed by atoms with Gasteiger partial charge in [-0.15, -0.1) is 11.8 Å². The number of rotatable bonds is 4. The maximum absolute atomic E-state index is 9.47. The number of piperidine rings is 1. The first-order valence-corrected chi connectivity index (χ1v) is 7.86. The molecule has 4 heteroatoms. The molecule has 2 rings (SSSR count). The van der Waals surface area contributed by atoms with Crippen molar-refractivity contribution in [3.63, 3.8) is 0 Å². The Morgan fingerprint density at radius 2 is 2.37 bits per heavy atom. The molecule has 1 saturated heterocycles. The molecule has 0 spiro atoms. The number of likely N-dealkylation sites (N-methyl/N-ethyl adjacent to an activating group) is 1. The average molecular weight is 275 g/mol. The summed E-state index contributed by atoms with van der Waals surface area (Å²) in [5, 5.41) is 12.8. The number of hydrogen-bond acceptors (Lipinski definition) is 4. The molecule has 1 atom stereocenters. The normalized spacial score (nSPS) is 19.2. The summed E-state index contributed by atoms with van der Waals surface area (Å²) in [4.78, 5) is 3.46. The highest BCUT2D eigenvalue weighted by Crippen LogP contribution is 2.31. The van der Waals surface area contributed by atoms with Gasteiger partial charge in [0.05, 0.1) is 11.3 Å². The first-order chi connectivity index (χ1) is 9.30. The maximum atomic E-state index is 9.47. The first kappa shape index (κ1) is 14.2. The van der Waals surface area contributed by atoms with Crippen molar-refractivity contribution >= 4 is 17.4 Å². The van der Waals surface area contributed by atoms with E-state index in [0.717, 1.165) is 35.0 Å². The molecule has 1 N–H and O–H groups in total. The molecule has 0 saturated carbocycles. The molecule has 1 aromatic carbocycles. The van der Waals surface area contributed by atoms with E-state index < -0.39 is 0 Å². The van der Waals surface area contributed by atoms with Crippen molar-refractivity contribution in [2.24, 2.45) is 0 Å². The van der Waals surface area contributed by atoms with E-state index in [1.54, 1.807) is 11.8 Å². The van der Waals surface area contributed by atoms with Gasteiger partial charge in [0, 0.05) is 24.0 Å². The minimum absolute atomic E-state index is 0.530. The predicted octanol–water partition coefficient (Wildman–Crippen LogP) is 2.86. The van der Waals surface area contributed by atoms with Gasteiger partial charge in [-0.25, -0.2) is 0 Å². The molecule has 19 heavy (non-hydrogen) atoms. The second kappa shape index (κ2) is 6.83. The Kier molecular flexibility index (Phi) is 5.12. The Labute approximate surface area is 120 Å². The van der Waals surface area contributed by atoms with Crippen LogP contribution in [0.25, 0.3) is 0 Å². The number of nitriles is 1. The fraction of sp³-hybridized carbons (Fsp3) is 0.533. The van der Waals surface area contributed by atoms with Crippen LogP contribution in [0.2, 0.25) is 0 Å². The van der Waals surface area contributed by atoms with E-state index in [1.165, 1.54) is 12.8 Å². The molecule has 1 heterocycles. The number of nitrogens with zero attached hydrogens (tertiary/aromatic N) is 2. The van der Waals surface area contributed by atoms with Crippen molar-refractivity contribution in [1.29, 1.82) is 5.26 Å². The molecule has 102 valence electrons. The Morgan fingerprint density at radius 3 is 3.05 bits per heavy atom. The molecule has 0 aromatic heterocycles. The van der Waals surface area contributed by atoms with Crippen molar-refractivity contribution in [3.05, 3.63) is 23.8 Å². The van der Waals surface area contributed by atoms with E-state index in [-0.39, 0.29) is 0 Å². The van der Waals surface area contributed by atoms with E-state index in [4.69, 9.17) is 0 Å². The third-order valence-electron chi connectivity index (χ3n) is 3.59. The highest BCUT2D eigenvalue weighted by molar-refractivity contribution is 7.99. The lowest BCUT2D eigenvalue weighted by molar-refractivity contribution is 0.449. The van der Waals surface area contributed by atoms with Crippen LogP contribution < -0.4 is 10.2 Å². The molecule has 1 aromatic rings. The quantitative estimate of drug-likeness (QED) is 0.858. The molecule has 0 radical (unpaired) electrons. The summed E-state index contributed by atoms with van der Waals surface area (Å²) in [5.41, 5.74) is 1.94. The van der Waals surface area contributed by atoms with Gasteiger partial charge < -0.3 is 10.2 Å². The minimum Gasteiger partial charge on any atom is -0.369 e. The van der Waals surface area contributed by atoms with Crippen LogP contribution in [0.1, 0.15) is 25.3 Å². The summed E-state index contributed by atoms with van der Waals surface area (Å²) in [6.45, 7) is 4.16. The third-order valence-corrected chi connectivity index (χ3v) is 4.53. The van der Waals surface area contributed by atoms with Crippen molar-refractivity contribution in [3.8, 4) is 6.07 Å². The molecule has 1 fully saturated rings. The second-order valence-corrected chi connectivity index (χ2v) is 6.07. The van der Waals surface area contributed by atoms with Crippen LogP contribution in [-0.4, -0.2) is 31.9 Å². The van der Waals surface area contributed by atoms with E-state index >= 15 is 0 Å². The number of thioether (sulfide) groups is 1. The van der Waals surface area contributed by atoms with E-state index in [9.17, 15) is 5.26 Å². The first-order valence-electron chi connectivity index (χ1n) is 6.88. The van der Waals surface area contributed by atoms with Gasteiger partial charge in [-0.3, -0.25) is 0 Å². The molecule has 0 amide bonds.